The molecule has 1 atom stereocenters. The van der Waals surface area contributed by atoms with Crippen molar-refractivity contribution >= 4 is 72.8 Å². The van der Waals surface area contributed by atoms with Gasteiger partial charge >= 0.3 is 5.69 Å². The second-order valence-electron chi connectivity index (χ2n) is 17.0. The fourth-order valence-electron chi connectivity index (χ4n) is 9.39. The molecule has 2 N–H and O–H groups in total. The number of nitrogens with one attached hydrogen (secondary N) is 2. The van der Waals surface area contributed by atoms with Crippen LogP contribution in [0.1, 0.15) is 70.0 Å². The molecule has 3 fully saturated rings. The van der Waals surface area contributed by atoms with Crippen molar-refractivity contribution in [3.05, 3.63) is 74.0 Å². The van der Waals surface area contributed by atoms with Crippen LogP contribution in [0.2, 0.25) is 5.02 Å². The van der Waals surface area contributed by atoms with Gasteiger partial charge in [-0.25, -0.2) is 18.2 Å². The number of carbonyl (C=O) groups excluding carboxylic acids is 2. The quantitative estimate of drug-likeness (QED) is 0.174. The van der Waals surface area contributed by atoms with Crippen LogP contribution in [-0.4, -0.2) is 106 Å². The highest BCUT2D eigenvalue weighted by Gasteiger charge is 2.35. The lowest BCUT2D eigenvalue weighted by atomic mass is 9.95. The summed E-state index contributed by atoms with van der Waals surface area (Å²) in [6.45, 7) is 8.79. The number of pyridine rings is 1. The van der Waals surface area contributed by atoms with Crippen molar-refractivity contribution in [2.75, 3.05) is 57.1 Å². The molecule has 2 amide bonds. The number of imidazole rings is 1. The molecule has 1 unspecified atom stereocenters. The van der Waals surface area contributed by atoms with Crippen LogP contribution >= 0.6 is 11.6 Å². The average Bonchev–Trinajstić information content (AvgIpc) is 3.50. The summed E-state index contributed by atoms with van der Waals surface area (Å²) in [5, 5.41) is 6.30. The number of halogens is 1. The summed E-state index contributed by atoms with van der Waals surface area (Å²) in [6.07, 6.45) is 5.31. The zero-order chi connectivity index (χ0) is 44.2. The van der Waals surface area contributed by atoms with E-state index in [1.54, 1.807) is 53.5 Å². The van der Waals surface area contributed by atoms with Crippen molar-refractivity contribution in [3.63, 3.8) is 0 Å². The zero-order valence-electron chi connectivity index (χ0n) is 35.9. The van der Waals surface area contributed by atoms with Gasteiger partial charge in [-0.15, -0.1) is 0 Å². The van der Waals surface area contributed by atoms with E-state index in [-0.39, 0.29) is 51.9 Å². The lowest BCUT2D eigenvalue weighted by Gasteiger charge is -2.40. The molecule has 0 saturated carbocycles. The maximum absolute atomic E-state index is 13.9. The fraction of sp³-hybridized carbons (Fsp3) is 0.488. The Hall–Kier alpha value is -5.30. The molecular formula is C43H53ClN10O7S. The molecule has 0 bridgehead atoms. The minimum absolute atomic E-state index is 0.0979. The van der Waals surface area contributed by atoms with Crippen LogP contribution < -0.4 is 31.5 Å². The first-order valence-electron chi connectivity index (χ1n) is 21.1. The van der Waals surface area contributed by atoms with Gasteiger partial charge in [0.05, 0.1) is 23.0 Å². The van der Waals surface area contributed by atoms with Crippen molar-refractivity contribution in [3.8, 4) is 5.75 Å². The molecule has 6 heterocycles. The van der Waals surface area contributed by atoms with Crippen molar-refractivity contribution in [2.24, 2.45) is 13.0 Å². The lowest BCUT2D eigenvalue weighted by molar-refractivity contribution is -0.135. The standard InChI is InChI=1S/C43H53ClN10O7S/c1-25(2)53-39-28(22-31(44)41(53)57)23-45-42(48-39)46-32-8-7-30(21-26(32)3)62(59,60)52-19-13-27(14-20-52)24-49(4)29-15-17-51(18-16-29)38-35(61-6)11-9-33-37(38)50(5)43(58)54(33)34-10-12-36(55)47-40(34)56/h7-9,11,21-23,25,27,29,34H,10,12-20,24H2,1-6H3,(H,45,46,48)(H,47,55,56). The molecule has 3 aromatic heterocycles. The van der Waals surface area contributed by atoms with Crippen LogP contribution in [0, 0.1) is 12.8 Å². The van der Waals surface area contributed by atoms with Crippen LogP contribution in [0.4, 0.5) is 17.3 Å². The van der Waals surface area contributed by atoms with Crippen molar-refractivity contribution < 1.29 is 22.7 Å². The largest absolute Gasteiger partial charge is 0.494 e. The lowest BCUT2D eigenvalue weighted by Crippen LogP contribution is -2.46. The summed E-state index contributed by atoms with van der Waals surface area (Å²) in [4.78, 5) is 65.0. The Labute approximate surface area is 364 Å². The molecule has 0 radical (unpaired) electrons. The van der Waals surface area contributed by atoms with Crippen LogP contribution in [-0.2, 0) is 26.7 Å². The monoisotopic (exact) mass is 888 g/mol. The van der Waals surface area contributed by atoms with Gasteiger partial charge < -0.3 is 19.9 Å². The third-order valence-corrected chi connectivity index (χ3v) is 14.9. The van der Waals surface area contributed by atoms with E-state index in [1.807, 2.05) is 32.9 Å². The number of amides is 2. The second kappa shape index (κ2) is 17.1. The molecule has 62 heavy (non-hydrogen) atoms. The Balaban J connectivity index is 0.881. The Morgan fingerprint density at radius 3 is 2.39 bits per heavy atom. The normalized spacial score (nSPS) is 18.7. The van der Waals surface area contributed by atoms with Gasteiger partial charge in [-0.2, -0.15) is 9.29 Å². The highest BCUT2D eigenvalue weighted by molar-refractivity contribution is 7.89. The number of piperidine rings is 3. The van der Waals surface area contributed by atoms with E-state index in [2.05, 4.69) is 37.4 Å². The molecule has 3 aliphatic heterocycles. The first-order chi connectivity index (χ1) is 29.6. The van der Waals surface area contributed by atoms with Crippen LogP contribution in [0.25, 0.3) is 22.1 Å². The van der Waals surface area contributed by atoms with E-state index in [9.17, 15) is 27.6 Å². The number of carbonyl (C=O) groups is 2. The topological polar surface area (TPSA) is 186 Å². The number of fused-ring (bicyclic) bond motifs is 2. The molecule has 330 valence electrons. The number of aryl methyl sites for hydroxylation is 2. The smallest absolute Gasteiger partial charge is 0.329 e. The van der Waals surface area contributed by atoms with Crippen molar-refractivity contribution in [1.82, 2.24) is 38.2 Å². The number of benzene rings is 2. The molecule has 0 spiro atoms. The summed E-state index contributed by atoms with van der Waals surface area (Å²) in [5.74, 6) is 0.461. The van der Waals surface area contributed by atoms with Gasteiger partial charge in [-0.1, -0.05) is 11.6 Å². The SMILES string of the molecule is COc1ccc2c(c1N1CCC(N(C)CC3CCN(S(=O)(=O)c4ccc(Nc5ncc6cc(Cl)c(=O)n(C(C)C)c6n5)c(C)c4)CC3)CC1)n(C)c(=O)n2C1CCC(=O)NC1=O. The van der Waals surface area contributed by atoms with Gasteiger partial charge in [0, 0.05) is 75.5 Å². The number of hydrogen-bond donors (Lipinski definition) is 2. The molecule has 0 aliphatic carbocycles. The molecule has 3 aliphatic rings. The Kier molecular flexibility index (Phi) is 12.0. The number of nitrogens with zero attached hydrogens (tertiary/aromatic N) is 8. The number of aromatic nitrogens is 5. The number of rotatable bonds is 11. The predicted molar refractivity (Wildman–Crippen MR) is 238 cm³/mol. The van der Waals surface area contributed by atoms with Crippen molar-refractivity contribution in [1.29, 1.82) is 0 Å². The minimum atomic E-state index is -3.73. The van der Waals surface area contributed by atoms with E-state index < -0.39 is 22.0 Å². The third-order valence-electron chi connectivity index (χ3n) is 12.8. The summed E-state index contributed by atoms with van der Waals surface area (Å²) in [7, 11) is 1.73. The highest BCUT2D eigenvalue weighted by atomic mass is 35.5. The number of sulfonamides is 1. The van der Waals surface area contributed by atoms with Crippen molar-refractivity contribution in [2.45, 2.75) is 82.3 Å². The van der Waals surface area contributed by atoms with Gasteiger partial charge in [-0.05, 0) is 108 Å². The minimum Gasteiger partial charge on any atom is -0.494 e. The molecule has 2 aromatic carbocycles. The first kappa shape index (κ1) is 43.4. The van der Waals surface area contributed by atoms with Gasteiger partial charge in [-0.3, -0.25) is 33.4 Å². The molecule has 8 rings (SSSR count). The Morgan fingerprint density at radius 2 is 1.73 bits per heavy atom. The first-order valence-corrected chi connectivity index (χ1v) is 22.9. The van der Waals surface area contributed by atoms with Gasteiger partial charge in [0.15, 0.2) is 0 Å². The van der Waals surface area contributed by atoms with Gasteiger partial charge in [0.25, 0.3) is 5.56 Å². The summed E-state index contributed by atoms with van der Waals surface area (Å²) in [5.41, 5.74) is 3.29. The summed E-state index contributed by atoms with van der Waals surface area (Å²) in [6, 6.07) is 9.56. The zero-order valence-corrected chi connectivity index (χ0v) is 37.4. The average molecular weight is 889 g/mol. The maximum Gasteiger partial charge on any atom is 0.329 e. The number of hydrogen-bond acceptors (Lipinski definition) is 12. The van der Waals surface area contributed by atoms with E-state index >= 15 is 0 Å². The van der Waals surface area contributed by atoms with Gasteiger partial charge in [0.2, 0.25) is 27.8 Å². The molecular weight excluding hydrogens is 836 g/mol. The Bertz CT molecular complexity index is 2810. The number of ether oxygens (including phenoxy) is 1. The second-order valence-corrected chi connectivity index (χ2v) is 19.3. The van der Waals surface area contributed by atoms with Crippen LogP contribution in [0.5, 0.6) is 5.75 Å². The van der Waals surface area contributed by atoms with Crippen LogP contribution in [0.15, 0.2) is 57.1 Å². The highest BCUT2D eigenvalue weighted by Crippen LogP contribution is 2.39. The predicted octanol–water partition coefficient (Wildman–Crippen LogP) is 4.72. The maximum atomic E-state index is 13.9. The Morgan fingerprint density at radius 1 is 1.00 bits per heavy atom. The van der Waals surface area contributed by atoms with E-state index in [0.717, 1.165) is 51.0 Å². The third kappa shape index (κ3) is 7.97. The van der Waals surface area contributed by atoms with E-state index in [0.29, 0.717) is 64.1 Å². The van der Waals surface area contributed by atoms with Crippen LogP contribution in [0.3, 0.4) is 0 Å². The molecule has 17 nitrogen and oxygen atoms in total. The van der Waals surface area contributed by atoms with Gasteiger partial charge in [0.1, 0.15) is 28.1 Å². The summed E-state index contributed by atoms with van der Waals surface area (Å²) >= 11 is 6.18. The summed E-state index contributed by atoms with van der Waals surface area (Å²) < 4.78 is 39.8. The number of anilines is 3. The molecule has 3 saturated heterocycles. The number of imide groups is 1. The molecule has 5 aromatic rings. The van der Waals surface area contributed by atoms with E-state index in [1.165, 1.54) is 9.13 Å². The fourth-order valence-corrected chi connectivity index (χ4v) is 11.2. The number of methoxy groups -OCH3 is 1. The molecule has 19 heteroatoms. The van der Waals surface area contributed by atoms with E-state index in [4.69, 9.17) is 16.3 Å².